The number of hydrogen-bond donors (Lipinski definition) is 0. The molecule has 0 bridgehead atoms. The first-order chi connectivity index (χ1) is 17.6. The molecule has 2 fully saturated rings. The first-order valence-electron chi connectivity index (χ1n) is 11.9. The van der Waals surface area contributed by atoms with Gasteiger partial charge in [0.1, 0.15) is 19.3 Å². The average molecular weight is 479 g/mol. The van der Waals surface area contributed by atoms with Crippen LogP contribution in [0.25, 0.3) is 0 Å². The highest BCUT2D eigenvalue weighted by Gasteiger charge is 2.65. The van der Waals surface area contributed by atoms with Crippen LogP contribution in [0.3, 0.4) is 0 Å². The smallest absolute Gasteiger partial charge is 0.240 e. The molecule has 0 saturated carbocycles. The molecule has 0 N–H and O–H groups in total. The quantitative estimate of drug-likeness (QED) is 0.424. The number of Topliss-reactive ketones (excluding diaryl/α,β-unsaturated/α-hetero) is 1. The van der Waals surface area contributed by atoms with Crippen molar-refractivity contribution in [3.05, 3.63) is 89.5 Å². The summed E-state index contributed by atoms with van der Waals surface area (Å²) in [4.78, 5) is 43.0. The van der Waals surface area contributed by atoms with Gasteiger partial charge in [-0.15, -0.1) is 0 Å². The molecule has 3 aromatic rings. The summed E-state index contributed by atoms with van der Waals surface area (Å²) in [5.41, 5.74) is 2.65. The Morgan fingerprint density at radius 1 is 0.833 bits per heavy atom. The molecule has 3 aromatic carbocycles. The third-order valence-electron chi connectivity index (χ3n) is 7.40. The number of amides is 2. The van der Waals surface area contributed by atoms with Crippen LogP contribution in [-0.4, -0.2) is 48.1 Å². The summed E-state index contributed by atoms with van der Waals surface area (Å²) in [6.45, 7) is 0.835. The normalized spacial score (nSPS) is 25.4. The van der Waals surface area contributed by atoms with Crippen LogP contribution in [-0.2, 0) is 9.59 Å². The average Bonchev–Trinajstić information content (AvgIpc) is 3.40. The molecule has 0 aromatic heterocycles. The van der Waals surface area contributed by atoms with Gasteiger partial charge in [0.05, 0.1) is 29.8 Å². The second-order valence-corrected chi connectivity index (χ2v) is 9.26. The van der Waals surface area contributed by atoms with Gasteiger partial charge in [-0.2, -0.15) is 5.10 Å². The minimum atomic E-state index is -0.898. The lowest BCUT2D eigenvalue weighted by atomic mass is 9.83. The molecule has 2 amide bonds. The van der Waals surface area contributed by atoms with Crippen LogP contribution in [0, 0.1) is 11.8 Å². The molecule has 8 heteroatoms. The minimum Gasteiger partial charge on any atom is -0.486 e. The summed E-state index contributed by atoms with van der Waals surface area (Å²) in [5.74, 6) is -1.53. The molecule has 0 aliphatic carbocycles. The number of ketones is 1. The number of hydrazone groups is 1. The van der Waals surface area contributed by atoms with Crippen LogP contribution < -0.4 is 14.4 Å². The summed E-state index contributed by atoms with van der Waals surface area (Å²) in [6.07, 6.45) is 1.70. The summed E-state index contributed by atoms with van der Waals surface area (Å²) in [6, 6.07) is 20.2. The summed E-state index contributed by atoms with van der Waals surface area (Å²) in [5, 5.41) is 6.27. The van der Waals surface area contributed by atoms with Crippen LogP contribution in [0.2, 0.25) is 0 Å². The lowest BCUT2D eigenvalue weighted by Crippen LogP contribution is -2.44. The van der Waals surface area contributed by atoms with Gasteiger partial charge in [-0.3, -0.25) is 19.4 Å². The van der Waals surface area contributed by atoms with Crippen molar-refractivity contribution in [1.82, 2.24) is 5.01 Å². The summed E-state index contributed by atoms with van der Waals surface area (Å²) >= 11 is 0. The van der Waals surface area contributed by atoms with Gasteiger partial charge in [-0.25, -0.2) is 4.90 Å². The van der Waals surface area contributed by atoms with Crippen molar-refractivity contribution < 1.29 is 23.9 Å². The summed E-state index contributed by atoms with van der Waals surface area (Å²) in [7, 11) is 0. The Morgan fingerprint density at radius 2 is 1.56 bits per heavy atom. The zero-order valence-electron chi connectivity index (χ0n) is 19.1. The number of carbonyl (C=O) groups is 3. The van der Waals surface area contributed by atoms with Crippen LogP contribution in [0.5, 0.6) is 11.5 Å². The van der Waals surface area contributed by atoms with Gasteiger partial charge < -0.3 is 9.47 Å². The fourth-order valence-corrected chi connectivity index (χ4v) is 5.87. The zero-order chi connectivity index (χ0) is 24.4. The highest BCUT2D eigenvalue weighted by Crippen LogP contribution is 2.53. The fourth-order valence-electron chi connectivity index (χ4n) is 5.87. The number of nitrogens with zero attached hydrogens (tertiary/aromatic N) is 3. The van der Waals surface area contributed by atoms with Crippen molar-refractivity contribution >= 4 is 29.5 Å². The number of benzene rings is 3. The molecule has 4 atom stereocenters. The number of anilines is 1. The number of rotatable bonds is 3. The maximum Gasteiger partial charge on any atom is 0.240 e. The van der Waals surface area contributed by atoms with E-state index in [-0.39, 0.29) is 11.7 Å². The lowest BCUT2D eigenvalue weighted by Gasteiger charge is -2.33. The Kier molecular flexibility index (Phi) is 4.51. The van der Waals surface area contributed by atoms with E-state index in [0.717, 1.165) is 11.1 Å². The van der Waals surface area contributed by atoms with Gasteiger partial charge >= 0.3 is 0 Å². The standard InChI is InChI=1S/C28H21N3O5/c32-26(16-6-2-1-3-7-16)25-23-22(24-19-9-5-4-8-17(19)15-29-31(24)25)27(33)30(28(23)34)18-10-11-20-21(14-18)36-13-12-35-20/h1-11,14-15,22-25H,12-13H2/t22-,23+,24+,25-/m0/s1. The second kappa shape index (κ2) is 7.78. The maximum atomic E-state index is 14.0. The van der Waals surface area contributed by atoms with E-state index >= 15 is 0 Å². The maximum absolute atomic E-state index is 14.0. The van der Waals surface area contributed by atoms with Crippen molar-refractivity contribution in [2.24, 2.45) is 16.9 Å². The number of hydrogen-bond acceptors (Lipinski definition) is 7. The zero-order valence-corrected chi connectivity index (χ0v) is 19.1. The van der Waals surface area contributed by atoms with Crippen LogP contribution in [0.15, 0.2) is 77.9 Å². The molecule has 7 rings (SSSR count). The molecule has 0 unspecified atom stereocenters. The van der Waals surface area contributed by atoms with Crippen molar-refractivity contribution in [1.29, 1.82) is 0 Å². The van der Waals surface area contributed by atoms with Crippen molar-refractivity contribution in [2.45, 2.75) is 12.1 Å². The molecule has 2 saturated heterocycles. The van der Waals surface area contributed by atoms with Crippen molar-refractivity contribution in [3.8, 4) is 11.5 Å². The van der Waals surface area contributed by atoms with E-state index in [1.165, 1.54) is 4.90 Å². The Labute approximate surface area is 206 Å². The highest BCUT2D eigenvalue weighted by atomic mass is 16.6. The molecule has 4 aliphatic heterocycles. The first-order valence-corrected chi connectivity index (χ1v) is 11.9. The van der Waals surface area contributed by atoms with E-state index < -0.39 is 29.8 Å². The molecule has 8 nitrogen and oxygen atoms in total. The van der Waals surface area contributed by atoms with E-state index in [9.17, 15) is 14.4 Å². The molecule has 178 valence electrons. The Morgan fingerprint density at radius 3 is 2.39 bits per heavy atom. The van der Waals surface area contributed by atoms with Gasteiger partial charge in [0.2, 0.25) is 11.8 Å². The van der Waals surface area contributed by atoms with E-state index in [4.69, 9.17) is 9.47 Å². The predicted octanol–water partition coefficient (Wildman–Crippen LogP) is 3.22. The Balaban J connectivity index is 1.35. The second-order valence-electron chi connectivity index (χ2n) is 9.26. The van der Waals surface area contributed by atoms with E-state index in [2.05, 4.69) is 5.10 Å². The van der Waals surface area contributed by atoms with E-state index in [0.29, 0.717) is 36.0 Å². The number of carbonyl (C=O) groups excluding carboxylic acids is 3. The molecule has 4 heterocycles. The monoisotopic (exact) mass is 479 g/mol. The molecule has 0 spiro atoms. The number of imide groups is 1. The minimum absolute atomic E-state index is 0.227. The van der Waals surface area contributed by atoms with Crippen molar-refractivity contribution in [3.63, 3.8) is 0 Å². The van der Waals surface area contributed by atoms with E-state index in [1.807, 2.05) is 30.3 Å². The highest BCUT2D eigenvalue weighted by molar-refractivity contribution is 6.24. The molecular weight excluding hydrogens is 458 g/mol. The number of fused-ring (bicyclic) bond motifs is 6. The van der Waals surface area contributed by atoms with Gasteiger partial charge in [-0.05, 0) is 23.3 Å². The SMILES string of the molecule is O=C(c1ccccc1)[C@@H]1[C@@H]2C(=O)N(c3ccc4c(c3)OCCO4)C(=O)[C@@H]2[C@H]2c3ccccc3C=NN12. The summed E-state index contributed by atoms with van der Waals surface area (Å²) < 4.78 is 11.3. The Hall–Kier alpha value is -4.46. The Bertz CT molecular complexity index is 1450. The third kappa shape index (κ3) is 2.87. The van der Waals surface area contributed by atoms with Gasteiger partial charge in [0.25, 0.3) is 0 Å². The fraction of sp³-hybridized carbons (Fsp3) is 0.214. The molecule has 36 heavy (non-hydrogen) atoms. The van der Waals surface area contributed by atoms with Crippen LogP contribution in [0.1, 0.15) is 27.5 Å². The molecule has 4 aliphatic rings. The van der Waals surface area contributed by atoms with Gasteiger partial charge in [0.15, 0.2) is 17.3 Å². The largest absolute Gasteiger partial charge is 0.486 e. The molecular formula is C28H21N3O5. The first kappa shape index (κ1) is 20.9. The molecule has 0 radical (unpaired) electrons. The van der Waals surface area contributed by atoms with Crippen LogP contribution >= 0.6 is 0 Å². The van der Waals surface area contributed by atoms with E-state index in [1.54, 1.807) is 53.7 Å². The lowest BCUT2D eigenvalue weighted by molar-refractivity contribution is -0.124. The number of ether oxygens (including phenoxy) is 2. The topological polar surface area (TPSA) is 88.5 Å². The predicted molar refractivity (Wildman–Crippen MR) is 130 cm³/mol. The van der Waals surface area contributed by atoms with Gasteiger partial charge in [-0.1, -0.05) is 54.6 Å². The van der Waals surface area contributed by atoms with Gasteiger partial charge in [0, 0.05) is 11.6 Å². The third-order valence-corrected chi connectivity index (χ3v) is 7.40. The van der Waals surface area contributed by atoms with Crippen molar-refractivity contribution in [2.75, 3.05) is 18.1 Å². The van der Waals surface area contributed by atoms with Crippen LogP contribution in [0.4, 0.5) is 5.69 Å².